The number of piperidine rings is 1. The highest BCUT2D eigenvalue weighted by Gasteiger charge is 2.32. The highest BCUT2D eigenvalue weighted by molar-refractivity contribution is 5.81. The first kappa shape index (κ1) is 18.2. The van der Waals surface area contributed by atoms with Crippen molar-refractivity contribution in [2.24, 2.45) is 0 Å². The zero-order valence-corrected chi connectivity index (χ0v) is 15.5. The van der Waals surface area contributed by atoms with Crippen LogP contribution in [0.25, 0.3) is 0 Å². The third kappa shape index (κ3) is 3.75. The first-order chi connectivity index (χ1) is 13.6. The molecule has 0 saturated carbocycles. The fourth-order valence-electron chi connectivity index (χ4n) is 3.68. The minimum atomic E-state index is -0.633. The van der Waals surface area contributed by atoms with Crippen molar-refractivity contribution in [2.45, 2.75) is 38.3 Å². The van der Waals surface area contributed by atoms with Gasteiger partial charge in [0.25, 0.3) is 0 Å². The van der Waals surface area contributed by atoms with Crippen LogP contribution in [0.5, 0.6) is 0 Å². The number of benzene rings is 1. The molecule has 2 atom stereocenters. The molecular weight excluding hydrogens is 363 g/mol. The summed E-state index contributed by atoms with van der Waals surface area (Å²) in [5.41, 5.74) is 0.720. The van der Waals surface area contributed by atoms with Gasteiger partial charge in [0.2, 0.25) is 5.91 Å². The van der Waals surface area contributed by atoms with Gasteiger partial charge in [-0.05, 0) is 47.9 Å². The van der Waals surface area contributed by atoms with Crippen LogP contribution in [0.4, 0.5) is 4.39 Å². The average Bonchev–Trinajstić information content (AvgIpc) is 3.38. The van der Waals surface area contributed by atoms with Crippen molar-refractivity contribution in [3.05, 3.63) is 54.1 Å². The number of tetrazole rings is 1. The molecule has 2 unspecified atom stereocenters. The molecule has 0 radical (unpaired) electrons. The summed E-state index contributed by atoms with van der Waals surface area (Å²) in [5.74, 6) is 0.130. The summed E-state index contributed by atoms with van der Waals surface area (Å²) in [6.07, 6.45) is 5.29. The van der Waals surface area contributed by atoms with Gasteiger partial charge in [0.15, 0.2) is 0 Å². The number of carbonyl (C=O) groups excluding carboxylic acids is 1. The number of aromatic nitrogens is 7. The third-order valence-corrected chi connectivity index (χ3v) is 5.07. The summed E-state index contributed by atoms with van der Waals surface area (Å²) in [6, 6.07) is 5.72. The maximum atomic E-state index is 13.6. The van der Waals surface area contributed by atoms with Crippen LogP contribution in [-0.2, 0) is 11.2 Å². The molecule has 28 heavy (non-hydrogen) atoms. The lowest BCUT2D eigenvalue weighted by atomic mass is 10.0. The lowest BCUT2D eigenvalue weighted by Gasteiger charge is -2.34. The van der Waals surface area contributed by atoms with E-state index in [1.807, 2.05) is 4.90 Å². The monoisotopic (exact) mass is 384 g/mol. The molecule has 4 rings (SSSR count). The molecule has 3 aromatic rings. The molecule has 1 fully saturated rings. The van der Waals surface area contributed by atoms with Gasteiger partial charge in [0, 0.05) is 19.5 Å². The van der Waals surface area contributed by atoms with Crippen molar-refractivity contribution >= 4 is 5.91 Å². The molecule has 0 bridgehead atoms. The smallest absolute Gasteiger partial charge is 0.248 e. The van der Waals surface area contributed by atoms with Crippen LogP contribution in [0.3, 0.4) is 0 Å². The molecule has 1 aliphatic rings. The van der Waals surface area contributed by atoms with Gasteiger partial charge in [-0.15, -0.1) is 5.10 Å². The summed E-state index contributed by atoms with van der Waals surface area (Å²) >= 11 is 0. The molecule has 1 aliphatic heterocycles. The second-order valence-electron chi connectivity index (χ2n) is 6.98. The van der Waals surface area contributed by atoms with Gasteiger partial charge in [0.05, 0.1) is 6.04 Å². The number of aryl methyl sites for hydroxylation is 1. The molecule has 0 spiro atoms. The standard InChI is InChI=1S/C18H21FN8O/c1-13-22-23-24-27(13)17(9-14-4-2-5-15(19)8-14)18(28)25-7-3-6-16(10-25)26-12-20-11-21-26/h2,4-5,8,11-12,16-17H,3,6-7,9-10H2,1H3. The number of halogens is 1. The Labute approximate surface area is 161 Å². The Hall–Kier alpha value is -3.17. The van der Waals surface area contributed by atoms with Gasteiger partial charge in [-0.3, -0.25) is 4.79 Å². The summed E-state index contributed by atoms with van der Waals surface area (Å²) in [7, 11) is 0. The Balaban J connectivity index is 1.58. The maximum Gasteiger partial charge on any atom is 0.248 e. The SMILES string of the molecule is Cc1nnnn1C(Cc1cccc(F)c1)C(=O)N1CCCC(n2cncn2)C1. The van der Waals surface area contributed by atoms with Crippen molar-refractivity contribution in [1.29, 1.82) is 0 Å². The van der Waals surface area contributed by atoms with E-state index in [9.17, 15) is 9.18 Å². The predicted molar refractivity (Wildman–Crippen MR) is 96.6 cm³/mol. The molecule has 1 aromatic carbocycles. The highest BCUT2D eigenvalue weighted by atomic mass is 19.1. The highest BCUT2D eigenvalue weighted by Crippen LogP contribution is 2.25. The van der Waals surface area contributed by atoms with E-state index < -0.39 is 6.04 Å². The average molecular weight is 384 g/mol. The maximum absolute atomic E-state index is 13.6. The van der Waals surface area contributed by atoms with Gasteiger partial charge in [-0.1, -0.05) is 12.1 Å². The predicted octanol–water partition coefficient (Wildman–Crippen LogP) is 1.36. The number of carbonyl (C=O) groups is 1. The third-order valence-electron chi connectivity index (χ3n) is 5.07. The lowest BCUT2D eigenvalue weighted by molar-refractivity contribution is -0.137. The molecular formula is C18H21FN8O. The molecule has 3 heterocycles. The number of likely N-dealkylation sites (tertiary alicyclic amines) is 1. The molecule has 0 aliphatic carbocycles. The Kier molecular flexibility index (Phi) is 5.09. The number of amides is 1. The topological polar surface area (TPSA) is 94.6 Å². The normalized spacial score (nSPS) is 18.2. The van der Waals surface area contributed by atoms with E-state index in [-0.39, 0.29) is 17.8 Å². The van der Waals surface area contributed by atoms with Crippen molar-refractivity contribution in [1.82, 2.24) is 39.9 Å². The number of hydrogen-bond donors (Lipinski definition) is 0. The van der Waals surface area contributed by atoms with Gasteiger partial charge >= 0.3 is 0 Å². The number of hydrogen-bond acceptors (Lipinski definition) is 6. The first-order valence-corrected chi connectivity index (χ1v) is 9.23. The zero-order valence-electron chi connectivity index (χ0n) is 15.5. The Morgan fingerprint density at radius 2 is 2.29 bits per heavy atom. The van der Waals surface area contributed by atoms with Crippen molar-refractivity contribution in [3.63, 3.8) is 0 Å². The summed E-state index contributed by atoms with van der Waals surface area (Å²) in [5, 5.41) is 15.8. The van der Waals surface area contributed by atoms with E-state index in [2.05, 4.69) is 25.6 Å². The Bertz CT molecular complexity index is 941. The molecule has 10 heteroatoms. The van der Waals surface area contributed by atoms with Crippen LogP contribution in [-0.4, -0.2) is 58.9 Å². The quantitative estimate of drug-likeness (QED) is 0.659. The van der Waals surface area contributed by atoms with Crippen LogP contribution < -0.4 is 0 Å². The Morgan fingerprint density at radius 3 is 3.00 bits per heavy atom. The van der Waals surface area contributed by atoms with Crippen LogP contribution >= 0.6 is 0 Å². The van der Waals surface area contributed by atoms with Crippen LogP contribution in [0.2, 0.25) is 0 Å². The lowest BCUT2D eigenvalue weighted by Crippen LogP contribution is -2.45. The molecule has 1 saturated heterocycles. The minimum absolute atomic E-state index is 0.0792. The van der Waals surface area contributed by atoms with E-state index in [1.54, 1.807) is 30.1 Å². The van der Waals surface area contributed by atoms with E-state index in [0.29, 0.717) is 25.3 Å². The number of nitrogens with zero attached hydrogens (tertiary/aromatic N) is 8. The largest absolute Gasteiger partial charge is 0.339 e. The van der Waals surface area contributed by atoms with Crippen LogP contribution in [0.1, 0.15) is 36.3 Å². The van der Waals surface area contributed by atoms with Gasteiger partial charge in [-0.25, -0.2) is 18.7 Å². The Morgan fingerprint density at radius 1 is 1.39 bits per heavy atom. The second kappa shape index (κ2) is 7.83. The summed E-state index contributed by atoms with van der Waals surface area (Å²) in [4.78, 5) is 19.2. The van der Waals surface area contributed by atoms with E-state index in [0.717, 1.165) is 18.4 Å². The summed E-state index contributed by atoms with van der Waals surface area (Å²) < 4.78 is 17.0. The first-order valence-electron chi connectivity index (χ1n) is 9.23. The molecule has 2 aromatic heterocycles. The molecule has 9 nitrogen and oxygen atoms in total. The second-order valence-corrected chi connectivity index (χ2v) is 6.98. The van der Waals surface area contributed by atoms with E-state index >= 15 is 0 Å². The number of rotatable bonds is 5. The molecule has 1 amide bonds. The van der Waals surface area contributed by atoms with Crippen molar-refractivity contribution in [2.75, 3.05) is 13.1 Å². The van der Waals surface area contributed by atoms with E-state index in [1.165, 1.54) is 23.1 Å². The van der Waals surface area contributed by atoms with Gasteiger partial charge < -0.3 is 4.90 Å². The fraction of sp³-hybridized carbons (Fsp3) is 0.444. The molecule has 146 valence electrons. The van der Waals surface area contributed by atoms with Crippen molar-refractivity contribution < 1.29 is 9.18 Å². The van der Waals surface area contributed by atoms with Crippen molar-refractivity contribution in [3.8, 4) is 0 Å². The van der Waals surface area contributed by atoms with Crippen LogP contribution in [0.15, 0.2) is 36.9 Å². The summed E-state index contributed by atoms with van der Waals surface area (Å²) in [6.45, 7) is 2.95. The van der Waals surface area contributed by atoms with Crippen LogP contribution in [0, 0.1) is 12.7 Å². The van der Waals surface area contributed by atoms with E-state index in [4.69, 9.17) is 0 Å². The van der Waals surface area contributed by atoms with Gasteiger partial charge in [0.1, 0.15) is 30.3 Å². The molecule has 0 N–H and O–H groups in total. The fourth-order valence-corrected chi connectivity index (χ4v) is 3.68. The zero-order chi connectivity index (χ0) is 19.5. The minimum Gasteiger partial charge on any atom is -0.339 e. The van der Waals surface area contributed by atoms with Gasteiger partial charge in [-0.2, -0.15) is 5.10 Å².